The Hall–Kier alpha value is -1.67. The monoisotopic (exact) mass is 305 g/mol. The van der Waals surface area contributed by atoms with Crippen LogP contribution in [-0.2, 0) is 14.8 Å². The molecule has 0 aliphatic rings. The van der Waals surface area contributed by atoms with Crippen LogP contribution in [0.1, 0.15) is 6.42 Å². The topological polar surface area (TPSA) is 83.9 Å². The molecule has 1 rings (SSSR count). The highest BCUT2D eigenvalue weighted by Gasteiger charge is 2.18. The standard InChI is InChI=1S/C12H16FNO5S/c1-14(20(17,18)8-5-12(15)16)6-7-19-11-4-2-3-10(13)9-11/h2-4,9H,5-8H2,1H3,(H,15,16). The molecule has 0 saturated carbocycles. The van der Waals surface area contributed by atoms with Gasteiger partial charge >= 0.3 is 5.97 Å². The molecule has 0 spiro atoms. The van der Waals surface area contributed by atoms with Crippen LogP contribution >= 0.6 is 0 Å². The highest BCUT2D eigenvalue weighted by atomic mass is 32.2. The van der Waals surface area contributed by atoms with Gasteiger partial charge in [0.15, 0.2) is 0 Å². The van der Waals surface area contributed by atoms with Crippen LogP contribution in [-0.4, -0.2) is 49.8 Å². The molecule has 20 heavy (non-hydrogen) atoms. The van der Waals surface area contributed by atoms with E-state index in [4.69, 9.17) is 9.84 Å². The molecule has 0 radical (unpaired) electrons. The average Bonchev–Trinajstić information content (AvgIpc) is 2.36. The van der Waals surface area contributed by atoms with E-state index in [2.05, 4.69) is 0 Å². The smallest absolute Gasteiger partial charge is 0.304 e. The van der Waals surface area contributed by atoms with E-state index in [1.54, 1.807) is 6.07 Å². The normalized spacial score (nSPS) is 11.6. The van der Waals surface area contributed by atoms with Crippen molar-refractivity contribution in [2.75, 3.05) is 26.0 Å². The fourth-order valence-electron chi connectivity index (χ4n) is 1.36. The van der Waals surface area contributed by atoms with Gasteiger partial charge in [-0.3, -0.25) is 4.79 Å². The average molecular weight is 305 g/mol. The van der Waals surface area contributed by atoms with Gasteiger partial charge in [-0.05, 0) is 12.1 Å². The highest BCUT2D eigenvalue weighted by molar-refractivity contribution is 7.89. The Morgan fingerprint density at radius 3 is 2.75 bits per heavy atom. The number of benzene rings is 1. The lowest BCUT2D eigenvalue weighted by atomic mass is 10.3. The minimum Gasteiger partial charge on any atom is -0.492 e. The zero-order valence-corrected chi connectivity index (χ0v) is 11.8. The van der Waals surface area contributed by atoms with E-state index in [1.165, 1.54) is 25.2 Å². The Bertz CT molecular complexity index is 561. The van der Waals surface area contributed by atoms with E-state index in [0.717, 1.165) is 4.31 Å². The van der Waals surface area contributed by atoms with Gasteiger partial charge in [0.05, 0.1) is 12.2 Å². The molecule has 0 heterocycles. The van der Waals surface area contributed by atoms with Crippen molar-refractivity contribution in [1.82, 2.24) is 4.31 Å². The SMILES string of the molecule is CN(CCOc1cccc(F)c1)S(=O)(=O)CCC(=O)O. The van der Waals surface area contributed by atoms with Crippen LogP contribution in [0.2, 0.25) is 0 Å². The van der Waals surface area contributed by atoms with Crippen LogP contribution in [0.5, 0.6) is 5.75 Å². The summed E-state index contributed by atoms with van der Waals surface area (Å²) >= 11 is 0. The summed E-state index contributed by atoms with van der Waals surface area (Å²) in [6.07, 6.45) is -0.447. The van der Waals surface area contributed by atoms with Gasteiger partial charge in [0.1, 0.15) is 18.2 Å². The van der Waals surface area contributed by atoms with Gasteiger partial charge in [-0.1, -0.05) is 6.07 Å². The number of hydrogen-bond donors (Lipinski definition) is 1. The lowest BCUT2D eigenvalue weighted by molar-refractivity contribution is -0.136. The van der Waals surface area contributed by atoms with Crippen molar-refractivity contribution in [3.05, 3.63) is 30.1 Å². The minimum atomic E-state index is -3.62. The maximum atomic E-state index is 12.9. The number of nitrogens with zero attached hydrogens (tertiary/aromatic N) is 1. The minimum absolute atomic E-state index is 0.0479. The Morgan fingerprint density at radius 2 is 2.15 bits per heavy atom. The molecule has 0 amide bonds. The number of carboxylic acids is 1. The summed E-state index contributed by atoms with van der Waals surface area (Å²) in [6, 6.07) is 5.51. The lowest BCUT2D eigenvalue weighted by Gasteiger charge is -2.16. The van der Waals surface area contributed by atoms with Crippen LogP contribution in [0.15, 0.2) is 24.3 Å². The highest BCUT2D eigenvalue weighted by Crippen LogP contribution is 2.12. The summed E-state index contributed by atoms with van der Waals surface area (Å²) < 4.78 is 42.5. The van der Waals surface area contributed by atoms with Gasteiger partial charge in [-0.25, -0.2) is 17.1 Å². The van der Waals surface area contributed by atoms with Crippen LogP contribution in [0.3, 0.4) is 0 Å². The molecule has 1 aromatic carbocycles. The fourth-order valence-corrected chi connectivity index (χ4v) is 2.46. The summed E-state index contributed by atoms with van der Waals surface area (Å²) in [5, 5.41) is 8.47. The van der Waals surface area contributed by atoms with E-state index >= 15 is 0 Å². The molecule has 0 fully saturated rings. The predicted molar refractivity (Wildman–Crippen MR) is 70.6 cm³/mol. The summed E-state index contributed by atoms with van der Waals surface area (Å²) in [7, 11) is -2.28. The van der Waals surface area contributed by atoms with Crippen molar-refractivity contribution in [2.24, 2.45) is 0 Å². The van der Waals surface area contributed by atoms with Crippen molar-refractivity contribution < 1.29 is 27.4 Å². The summed E-state index contributed by atoms with van der Waals surface area (Å²) in [5.74, 6) is -1.76. The van der Waals surface area contributed by atoms with Crippen LogP contribution in [0, 0.1) is 5.82 Å². The van der Waals surface area contributed by atoms with E-state index in [0.29, 0.717) is 5.75 Å². The second-order valence-electron chi connectivity index (χ2n) is 4.09. The maximum absolute atomic E-state index is 12.9. The third-order valence-corrected chi connectivity index (χ3v) is 4.37. The molecular formula is C12H16FNO5S. The first-order valence-corrected chi connectivity index (χ1v) is 7.46. The molecule has 0 saturated heterocycles. The molecule has 0 bridgehead atoms. The largest absolute Gasteiger partial charge is 0.492 e. The Balaban J connectivity index is 2.43. The molecule has 0 aliphatic carbocycles. The quantitative estimate of drug-likeness (QED) is 0.773. The van der Waals surface area contributed by atoms with Crippen LogP contribution in [0.25, 0.3) is 0 Å². The molecule has 1 N–H and O–H groups in total. The summed E-state index contributed by atoms with van der Waals surface area (Å²) in [5.41, 5.74) is 0. The van der Waals surface area contributed by atoms with E-state index in [-0.39, 0.29) is 13.2 Å². The number of rotatable bonds is 8. The van der Waals surface area contributed by atoms with Gasteiger partial charge in [-0.15, -0.1) is 0 Å². The van der Waals surface area contributed by atoms with Crippen molar-refractivity contribution in [3.8, 4) is 5.75 Å². The van der Waals surface area contributed by atoms with E-state index in [1.807, 2.05) is 0 Å². The lowest BCUT2D eigenvalue weighted by Crippen LogP contribution is -2.33. The second-order valence-corrected chi connectivity index (χ2v) is 6.28. The molecule has 0 aromatic heterocycles. The van der Waals surface area contributed by atoms with Gasteiger partial charge < -0.3 is 9.84 Å². The summed E-state index contributed by atoms with van der Waals surface area (Å²) in [6.45, 7) is 0.102. The molecule has 0 unspecified atom stereocenters. The van der Waals surface area contributed by atoms with Crippen molar-refractivity contribution >= 4 is 16.0 Å². The molecule has 0 aliphatic heterocycles. The van der Waals surface area contributed by atoms with E-state index < -0.39 is 34.0 Å². The number of likely N-dealkylation sites (N-methyl/N-ethyl adjacent to an activating group) is 1. The van der Waals surface area contributed by atoms with E-state index in [9.17, 15) is 17.6 Å². The Kier molecular flexibility index (Phi) is 5.90. The maximum Gasteiger partial charge on any atom is 0.304 e. The number of carbonyl (C=O) groups is 1. The third-order valence-electron chi connectivity index (χ3n) is 2.52. The number of aliphatic carboxylic acids is 1. The first-order chi connectivity index (χ1) is 9.31. The zero-order valence-electron chi connectivity index (χ0n) is 11.0. The Morgan fingerprint density at radius 1 is 1.45 bits per heavy atom. The van der Waals surface area contributed by atoms with Gasteiger partial charge in [0, 0.05) is 19.7 Å². The number of hydrogen-bond acceptors (Lipinski definition) is 4. The van der Waals surface area contributed by atoms with Gasteiger partial charge in [-0.2, -0.15) is 0 Å². The zero-order chi connectivity index (χ0) is 15.2. The van der Waals surface area contributed by atoms with Crippen LogP contribution < -0.4 is 4.74 Å². The second kappa shape index (κ2) is 7.20. The van der Waals surface area contributed by atoms with Gasteiger partial charge in [0.25, 0.3) is 0 Å². The number of carboxylic acid groups (broad SMARTS) is 1. The molecule has 6 nitrogen and oxygen atoms in total. The molecule has 112 valence electrons. The number of halogens is 1. The number of ether oxygens (including phenoxy) is 1. The van der Waals surface area contributed by atoms with Crippen molar-refractivity contribution in [1.29, 1.82) is 0 Å². The van der Waals surface area contributed by atoms with Crippen LogP contribution in [0.4, 0.5) is 4.39 Å². The first kappa shape index (κ1) is 16.4. The Labute approximate surface area is 116 Å². The molecular weight excluding hydrogens is 289 g/mol. The first-order valence-electron chi connectivity index (χ1n) is 5.85. The van der Waals surface area contributed by atoms with Gasteiger partial charge in [0.2, 0.25) is 10.0 Å². The molecule has 1 aromatic rings. The fraction of sp³-hybridized carbons (Fsp3) is 0.417. The number of sulfonamides is 1. The van der Waals surface area contributed by atoms with Crippen molar-refractivity contribution in [3.63, 3.8) is 0 Å². The molecule has 8 heteroatoms. The molecule has 0 atom stereocenters. The predicted octanol–water partition coefficient (Wildman–Crippen LogP) is 0.941. The van der Waals surface area contributed by atoms with Crippen molar-refractivity contribution in [2.45, 2.75) is 6.42 Å². The third kappa shape index (κ3) is 5.54. The summed E-state index contributed by atoms with van der Waals surface area (Å²) in [4.78, 5) is 10.4.